The molecule has 4 rings (SSSR count). The van der Waals surface area contributed by atoms with Crippen molar-refractivity contribution in [3.05, 3.63) is 59.7 Å². The summed E-state index contributed by atoms with van der Waals surface area (Å²) in [4.78, 5) is 15.2. The number of sulfonamides is 1. The summed E-state index contributed by atoms with van der Waals surface area (Å²) >= 11 is 0. The van der Waals surface area contributed by atoms with E-state index in [0.29, 0.717) is 12.3 Å². The number of nitrogens with zero attached hydrogens (tertiary/aromatic N) is 1. The van der Waals surface area contributed by atoms with Crippen molar-refractivity contribution < 1.29 is 22.7 Å². The molecule has 0 saturated carbocycles. The van der Waals surface area contributed by atoms with Crippen LogP contribution >= 0.6 is 0 Å². The van der Waals surface area contributed by atoms with E-state index < -0.39 is 10.0 Å². The topological polar surface area (TPSA) is 97.0 Å². The highest BCUT2D eigenvalue weighted by Gasteiger charge is 2.21. The fourth-order valence-corrected chi connectivity index (χ4v) is 4.98. The molecule has 2 aromatic carbocycles. The second kappa shape index (κ2) is 10.5. The van der Waals surface area contributed by atoms with Crippen LogP contribution in [0.5, 0.6) is 0 Å². The largest absolute Gasteiger partial charge is 0.379 e. The summed E-state index contributed by atoms with van der Waals surface area (Å²) in [5, 5.41) is 2.87. The first-order valence-corrected chi connectivity index (χ1v) is 12.4. The van der Waals surface area contributed by atoms with Gasteiger partial charge in [0.1, 0.15) is 0 Å². The zero-order valence-electron chi connectivity index (χ0n) is 18.0. The monoisotopic (exact) mass is 459 g/mol. The van der Waals surface area contributed by atoms with Crippen molar-refractivity contribution in [2.45, 2.75) is 30.4 Å². The molecular formula is C23H29N3O5S. The predicted molar refractivity (Wildman–Crippen MR) is 121 cm³/mol. The number of carbonyl (C=O) groups excluding carboxylic acids is 1. The van der Waals surface area contributed by atoms with Crippen molar-refractivity contribution in [1.29, 1.82) is 0 Å². The molecule has 9 heteroatoms. The smallest absolute Gasteiger partial charge is 0.255 e. The molecule has 2 aromatic rings. The molecule has 0 aromatic heterocycles. The SMILES string of the molecule is O=C(Nc1cccc(CN2CCOCC2)c1)c1cccc(S(=O)(=O)NCC2CCCO2)c1. The van der Waals surface area contributed by atoms with E-state index in [2.05, 4.69) is 14.9 Å². The van der Waals surface area contributed by atoms with Gasteiger partial charge in [-0.1, -0.05) is 18.2 Å². The normalized spacial score (nSPS) is 19.7. The Kier molecular flexibility index (Phi) is 7.54. The first kappa shape index (κ1) is 22.9. The fraction of sp³-hybridized carbons (Fsp3) is 0.435. The van der Waals surface area contributed by atoms with Gasteiger partial charge in [-0.15, -0.1) is 0 Å². The van der Waals surface area contributed by atoms with Crippen LogP contribution in [0.25, 0.3) is 0 Å². The second-order valence-electron chi connectivity index (χ2n) is 8.06. The van der Waals surface area contributed by atoms with E-state index in [9.17, 15) is 13.2 Å². The Balaban J connectivity index is 1.39. The lowest BCUT2D eigenvalue weighted by Gasteiger charge is -2.26. The highest BCUT2D eigenvalue weighted by atomic mass is 32.2. The Morgan fingerprint density at radius 2 is 1.88 bits per heavy atom. The fourth-order valence-electron chi connectivity index (χ4n) is 3.86. The lowest BCUT2D eigenvalue weighted by atomic mass is 10.1. The van der Waals surface area contributed by atoms with Crippen LogP contribution in [0, 0.1) is 0 Å². The second-order valence-corrected chi connectivity index (χ2v) is 9.82. The molecule has 2 aliphatic heterocycles. The van der Waals surface area contributed by atoms with Crippen molar-refractivity contribution in [2.24, 2.45) is 0 Å². The third-order valence-electron chi connectivity index (χ3n) is 5.63. The van der Waals surface area contributed by atoms with Gasteiger partial charge in [0, 0.05) is 44.0 Å². The number of carbonyl (C=O) groups is 1. The number of morpholine rings is 1. The number of benzene rings is 2. The summed E-state index contributed by atoms with van der Waals surface area (Å²) < 4.78 is 38.7. The summed E-state index contributed by atoms with van der Waals surface area (Å²) in [6.07, 6.45) is 1.69. The highest BCUT2D eigenvalue weighted by molar-refractivity contribution is 7.89. The number of nitrogens with one attached hydrogen (secondary N) is 2. The molecule has 172 valence electrons. The van der Waals surface area contributed by atoms with Crippen molar-refractivity contribution in [3.8, 4) is 0 Å². The zero-order valence-corrected chi connectivity index (χ0v) is 18.8. The maximum absolute atomic E-state index is 12.8. The first-order valence-electron chi connectivity index (χ1n) is 10.9. The van der Waals surface area contributed by atoms with Gasteiger partial charge in [-0.2, -0.15) is 0 Å². The molecule has 1 unspecified atom stereocenters. The molecule has 2 N–H and O–H groups in total. The molecule has 0 aliphatic carbocycles. The zero-order chi connectivity index (χ0) is 22.4. The number of rotatable bonds is 8. The van der Waals surface area contributed by atoms with Crippen LogP contribution < -0.4 is 10.0 Å². The van der Waals surface area contributed by atoms with E-state index in [1.807, 2.05) is 24.3 Å². The first-order chi connectivity index (χ1) is 15.5. The minimum Gasteiger partial charge on any atom is -0.379 e. The van der Waals surface area contributed by atoms with Gasteiger partial charge in [0.25, 0.3) is 5.91 Å². The molecule has 1 atom stereocenters. The molecule has 1 amide bonds. The lowest BCUT2D eigenvalue weighted by molar-refractivity contribution is 0.0342. The third kappa shape index (κ3) is 6.14. The van der Waals surface area contributed by atoms with E-state index in [0.717, 1.165) is 51.3 Å². The van der Waals surface area contributed by atoms with Gasteiger partial charge in [0.15, 0.2) is 0 Å². The molecule has 32 heavy (non-hydrogen) atoms. The van der Waals surface area contributed by atoms with Crippen molar-refractivity contribution in [1.82, 2.24) is 9.62 Å². The van der Waals surface area contributed by atoms with Crippen LogP contribution in [0.3, 0.4) is 0 Å². The molecule has 2 heterocycles. The minimum absolute atomic E-state index is 0.0595. The van der Waals surface area contributed by atoms with Crippen LogP contribution in [0.2, 0.25) is 0 Å². The Bertz CT molecular complexity index is 1030. The summed E-state index contributed by atoms with van der Waals surface area (Å²) in [5.74, 6) is -0.357. The van der Waals surface area contributed by atoms with Crippen molar-refractivity contribution in [2.75, 3.05) is 44.8 Å². The van der Waals surface area contributed by atoms with Gasteiger partial charge in [0.05, 0.1) is 24.2 Å². The Labute approximate surface area is 189 Å². The van der Waals surface area contributed by atoms with Crippen LogP contribution in [0.1, 0.15) is 28.8 Å². The van der Waals surface area contributed by atoms with Gasteiger partial charge in [0.2, 0.25) is 10.0 Å². The average molecular weight is 460 g/mol. The molecule has 2 fully saturated rings. The van der Waals surface area contributed by atoms with E-state index in [1.165, 1.54) is 12.1 Å². The summed E-state index contributed by atoms with van der Waals surface area (Å²) in [6.45, 7) is 4.93. The third-order valence-corrected chi connectivity index (χ3v) is 7.05. The average Bonchev–Trinajstić information content (AvgIpc) is 3.33. The Morgan fingerprint density at radius 1 is 1.06 bits per heavy atom. The summed E-state index contributed by atoms with van der Waals surface area (Å²) in [5.41, 5.74) is 2.05. The van der Waals surface area contributed by atoms with Gasteiger partial charge in [-0.3, -0.25) is 9.69 Å². The lowest BCUT2D eigenvalue weighted by Crippen LogP contribution is -2.35. The molecule has 0 bridgehead atoms. The van der Waals surface area contributed by atoms with Crippen LogP contribution in [0.4, 0.5) is 5.69 Å². The van der Waals surface area contributed by atoms with Crippen molar-refractivity contribution in [3.63, 3.8) is 0 Å². The Morgan fingerprint density at radius 3 is 2.66 bits per heavy atom. The van der Waals surface area contributed by atoms with Crippen molar-refractivity contribution >= 4 is 21.6 Å². The summed E-state index contributed by atoms with van der Waals surface area (Å²) in [6, 6.07) is 13.7. The number of anilines is 1. The predicted octanol–water partition coefficient (Wildman–Crippen LogP) is 2.23. The maximum atomic E-state index is 12.8. The molecule has 0 radical (unpaired) electrons. The van der Waals surface area contributed by atoms with E-state index in [-0.39, 0.29) is 29.0 Å². The van der Waals surface area contributed by atoms with Gasteiger partial charge in [-0.05, 0) is 48.7 Å². The minimum atomic E-state index is -3.73. The van der Waals surface area contributed by atoms with Gasteiger partial charge in [-0.25, -0.2) is 13.1 Å². The van der Waals surface area contributed by atoms with Gasteiger partial charge >= 0.3 is 0 Å². The molecule has 8 nitrogen and oxygen atoms in total. The number of amides is 1. The number of hydrogen-bond donors (Lipinski definition) is 2. The van der Waals surface area contributed by atoms with E-state index >= 15 is 0 Å². The van der Waals surface area contributed by atoms with E-state index in [1.54, 1.807) is 12.1 Å². The number of hydrogen-bond acceptors (Lipinski definition) is 6. The Hall–Kier alpha value is -2.30. The molecule has 0 spiro atoms. The van der Waals surface area contributed by atoms with Crippen LogP contribution in [-0.4, -0.2) is 64.8 Å². The standard InChI is InChI=1S/C23H29N3O5S/c27-23(25-20-6-1-4-18(14-20)17-26-9-12-30-13-10-26)19-5-2-8-22(15-19)32(28,29)24-16-21-7-3-11-31-21/h1-2,4-6,8,14-15,21,24H,3,7,9-13,16-17H2,(H,25,27). The number of ether oxygens (including phenoxy) is 2. The molecule has 2 aliphatic rings. The quantitative estimate of drug-likeness (QED) is 0.628. The maximum Gasteiger partial charge on any atom is 0.255 e. The molecular weight excluding hydrogens is 430 g/mol. The van der Waals surface area contributed by atoms with Crippen LogP contribution in [-0.2, 0) is 26.0 Å². The van der Waals surface area contributed by atoms with E-state index in [4.69, 9.17) is 9.47 Å². The molecule has 2 saturated heterocycles. The van der Waals surface area contributed by atoms with Gasteiger partial charge < -0.3 is 14.8 Å². The highest BCUT2D eigenvalue weighted by Crippen LogP contribution is 2.17. The van der Waals surface area contributed by atoms with Crippen LogP contribution in [0.15, 0.2) is 53.4 Å². The summed E-state index contributed by atoms with van der Waals surface area (Å²) in [7, 11) is -3.73.